The van der Waals surface area contributed by atoms with Gasteiger partial charge in [-0.25, -0.2) is 4.98 Å². The van der Waals surface area contributed by atoms with Crippen LogP contribution in [0.4, 0.5) is 5.82 Å². The predicted molar refractivity (Wildman–Crippen MR) is 151 cm³/mol. The first-order valence-electron chi connectivity index (χ1n) is 12.3. The number of benzene rings is 1. The summed E-state index contributed by atoms with van der Waals surface area (Å²) in [6, 6.07) is 13.5. The summed E-state index contributed by atoms with van der Waals surface area (Å²) in [4.78, 5) is 36.6. The third-order valence-electron chi connectivity index (χ3n) is 6.92. The summed E-state index contributed by atoms with van der Waals surface area (Å²) in [7, 11) is 0. The van der Waals surface area contributed by atoms with Crippen molar-refractivity contribution in [2.24, 2.45) is 11.8 Å². The van der Waals surface area contributed by atoms with Crippen LogP contribution >= 0.6 is 24.0 Å². The summed E-state index contributed by atoms with van der Waals surface area (Å²) in [6.07, 6.45) is 4.66. The number of pyridine rings is 1. The van der Waals surface area contributed by atoms with Crippen LogP contribution in [0.15, 0.2) is 58.4 Å². The monoisotopic (exact) mass is 518 g/mol. The van der Waals surface area contributed by atoms with Crippen LogP contribution in [0.2, 0.25) is 0 Å². The van der Waals surface area contributed by atoms with E-state index in [2.05, 4.69) is 18.7 Å². The number of anilines is 1. The molecule has 2 fully saturated rings. The van der Waals surface area contributed by atoms with Crippen molar-refractivity contribution in [1.29, 1.82) is 0 Å². The number of hydrogen-bond donors (Lipinski definition) is 0. The minimum atomic E-state index is -0.202. The zero-order valence-corrected chi connectivity index (χ0v) is 22.6. The van der Waals surface area contributed by atoms with Crippen molar-refractivity contribution in [3.8, 4) is 0 Å². The van der Waals surface area contributed by atoms with Crippen LogP contribution < -0.4 is 10.5 Å². The van der Waals surface area contributed by atoms with Crippen LogP contribution in [0.5, 0.6) is 0 Å². The van der Waals surface area contributed by atoms with E-state index in [1.54, 1.807) is 21.6 Å². The first kappa shape index (κ1) is 24.7. The fourth-order valence-corrected chi connectivity index (χ4v) is 6.68. The van der Waals surface area contributed by atoms with Gasteiger partial charge in [-0.3, -0.25) is 18.9 Å². The number of thiocarbonyl (C=S) groups is 1. The maximum absolute atomic E-state index is 13.8. The van der Waals surface area contributed by atoms with E-state index in [9.17, 15) is 9.59 Å². The van der Waals surface area contributed by atoms with Crippen molar-refractivity contribution < 1.29 is 4.79 Å². The van der Waals surface area contributed by atoms with E-state index in [4.69, 9.17) is 17.2 Å². The van der Waals surface area contributed by atoms with Crippen LogP contribution in [0, 0.1) is 18.8 Å². The number of carbonyl (C=O) groups is 1. The van der Waals surface area contributed by atoms with Gasteiger partial charge in [0.1, 0.15) is 15.8 Å². The molecule has 1 aromatic carbocycles. The predicted octanol–water partition coefficient (Wildman–Crippen LogP) is 5.45. The Morgan fingerprint density at radius 2 is 1.78 bits per heavy atom. The lowest BCUT2D eigenvalue weighted by Crippen LogP contribution is -2.40. The zero-order chi connectivity index (χ0) is 25.6. The maximum atomic E-state index is 13.8. The third kappa shape index (κ3) is 4.60. The molecule has 186 valence electrons. The number of aromatic nitrogens is 2. The fourth-order valence-electron chi connectivity index (χ4n) is 5.28. The average molecular weight is 519 g/mol. The van der Waals surface area contributed by atoms with Gasteiger partial charge in [-0.15, -0.1) is 0 Å². The van der Waals surface area contributed by atoms with Crippen LogP contribution in [0.3, 0.4) is 0 Å². The Kier molecular flexibility index (Phi) is 6.74. The van der Waals surface area contributed by atoms with Gasteiger partial charge in [0, 0.05) is 19.3 Å². The van der Waals surface area contributed by atoms with Crippen molar-refractivity contribution in [3.05, 3.63) is 80.6 Å². The van der Waals surface area contributed by atoms with E-state index in [1.807, 2.05) is 56.3 Å². The zero-order valence-electron chi connectivity index (χ0n) is 21.0. The maximum Gasteiger partial charge on any atom is 0.267 e. The molecular formula is C28H30N4O2S2. The molecule has 36 heavy (non-hydrogen) atoms. The summed E-state index contributed by atoms with van der Waals surface area (Å²) in [6.45, 7) is 10.0. The second-order valence-corrected chi connectivity index (χ2v) is 11.8. The number of amides is 1. The quantitative estimate of drug-likeness (QED) is 0.338. The van der Waals surface area contributed by atoms with Gasteiger partial charge in [0.15, 0.2) is 0 Å². The molecule has 2 aromatic heterocycles. The highest BCUT2D eigenvalue weighted by atomic mass is 32.2. The van der Waals surface area contributed by atoms with Crippen LogP contribution in [-0.2, 0) is 4.79 Å². The van der Waals surface area contributed by atoms with Crippen molar-refractivity contribution in [2.45, 2.75) is 40.2 Å². The number of thioether (sulfide) groups is 1. The minimum Gasteiger partial charge on any atom is -0.355 e. The number of hydrogen-bond acceptors (Lipinski definition) is 6. The molecule has 0 unspecified atom stereocenters. The molecular weight excluding hydrogens is 488 g/mol. The lowest BCUT2D eigenvalue weighted by atomic mass is 9.91. The van der Waals surface area contributed by atoms with E-state index in [0.29, 0.717) is 38.1 Å². The average Bonchev–Trinajstić information content (AvgIpc) is 3.13. The molecule has 1 amide bonds. The molecule has 8 heteroatoms. The number of aryl methyl sites for hydroxylation is 1. The third-order valence-corrected chi connectivity index (χ3v) is 8.25. The molecule has 0 spiro atoms. The van der Waals surface area contributed by atoms with Gasteiger partial charge in [-0.2, -0.15) is 0 Å². The highest BCUT2D eigenvalue weighted by molar-refractivity contribution is 8.26. The topological polar surface area (TPSA) is 57.9 Å². The fraction of sp³-hybridized carbons (Fsp3) is 0.357. The van der Waals surface area contributed by atoms with E-state index >= 15 is 0 Å². The lowest BCUT2D eigenvalue weighted by molar-refractivity contribution is -0.123. The molecule has 0 N–H and O–H groups in total. The van der Waals surface area contributed by atoms with Gasteiger partial charge >= 0.3 is 0 Å². The lowest BCUT2D eigenvalue weighted by Gasteiger charge is -2.36. The molecule has 2 aliphatic rings. The molecule has 3 atom stereocenters. The second-order valence-electron chi connectivity index (χ2n) is 10.1. The standard InChI is InChI=1S/C28H30N4O2S2/c1-17-10-11-24-29-25(30-14-18(2)12-19(3)15-30)22(26(33)31(24)16-17)13-23-27(34)32(28(35)36-23)20(4)21-8-6-5-7-9-21/h5-11,13,16,18-20H,12,14-15H2,1-4H3/b23-13+/t18-,19+,20-/m1/s1. The van der Waals surface area contributed by atoms with Crippen molar-refractivity contribution in [3.63, 3.8) is 0 Å². The molecule has 4 heterocycles. The Morgan fingerprint density at radius 1 is 1.08 bits per heavy atom. The number of nitrogens with zero attached hydrogens (tertiary/aromatic N) is 4. The molecule has 0 saturated carbocycles. The van der Waals surface area contributed by atoms with Gasteiger partial charge in [0.25, 0.3) is 11.5 Å². The summed E-state index contributed by atoms with van der Waals surface area (Å²) in [5.41, 5.74) is 2.84. The van der Waals surface area contributed by atoms with E-state index in [1.165, 1.54) is 11.8 Å². The van der Waals surface area contributed by atoms with Crippen LogP contribution in [-0.4, -0.2) is 37.6 Å². The molecule has 0 radical (unpaired) electrons. The number of fused-ring (bicyclic) bond motifs is 1. The molecule has 2 saturated heterocycles. The van der Waals surface area contributed by atoms with Crippen molar-refractivity contribution >= 4 is 51.7 Å². The molecule has 3 aromatic rings. The SMILES string of the molecule is Cc1ccc2nc(N3C[C@H](C)C[C@H](C)C3)c(/C=C3/SC(=S)N([C@H](C)c4ccccc4)C3=O)c(=O)n2c1. The Balaban J connectivity index is 1.61. The molecule has 0 aliphatic carbocycles. The molecule has 6 nitrogen and oxygen atoms in total. The minimum absolute atomic E-state index is 0.175. The van der Waals surface area contributed by atoms with E-state index in [-0.39, 0.29) is 17.5 Å². The van der Waals surface area contributed by atoms with Gasteiger partial charge in [0.2, 0.25) is 0 Å². The van der Waals surface area contributed by atoms with Crippen LogP contribution in [0.25, 0.3) is 11.7 Å². The smallest absolute Gasteiger partial charge is 0.267 e. The van der Waals surface area contributed by atoms with E-state index < -0.39 is 0 Å². The molecule has 2 aliphatic heterocycles. The van der Waals surface area contributed by atoms with Gasteiger partial charge in [-0.05, 0) is 55.4 Å². The van der Waals surface area contributed by atoms with Gasteiger partial charge < -0.3 is 4.90 Å². The largest absolute Gasteiger partial charge is 0.355 e. The van der Waals surface area contributed by atoms with Gasteiger partial charge in [-0.1, -0.05) is 74.2 Å². The summed E-state index contributed by atoms with van der Waals surface area (Å²) >= 11 is 6.87. The normalized spacial score (nSPS) is 22.6. The Bertz CT molecular complexity index is 1420. The number of piperidine rings is 1. The summed E-state index contributed by atoms with van der Waals surface area (Å²) in [5, 5.41) is 0. The molecule has 0 bridgehead atoms. The Labute approximate surface area is 221 Å². The Morgan fingerprint density at radius 3 is 2.47 bits per heavy atom. The number of rotatable bonds is 4. The van der Waals surface area contributed by atoms with Crippen LogP contribution in [0.1, 0.15) is 49.9 Å². The van der Waals surface area contributed by atoms with Crippen molar-refractivity contribution in [1.82, 2.24) is 14.3 Å². The highest BCUT2D eigenvalue weighted by Gasteiger charge is 2.37. The van der Waals surface area contributed by atoms with Crippen molar-refractivity contribution in [2.75, 3.05) is 18.0 Å². The summed E-state index contributed by atoms with van der Waals surface area (Å²) in [5.74, 6) is 1.44. The highest BCUT2D eigenvalue weighted by Crippen LogP contribution is 2.39. The Hall–Kier alpha value is -2.97. The first-order valence-corrected chi connectivity index (χ1v) is 13.6. The second kappa shape index (κ2) is 9.82. The first-order chi connectivity index (χ1) is 17.2. The van der Waals surface area contributed by atoms with E-state index in [0.717, 1.165) is 30.6 Å². The molecule has 5 rings (SSSR count). The van der Waals surface area contributed by atoms with Gasteiger partial charge in [0.05, 0.1) is 16.5 Å². The number of carbonyl (C=O) groups excluding carboxylic acids is 1. The summed E-state index contributed by atoms with van der Waals surface area (Å²) < 4.78 is 2.07.